The number of carbonyl (C=O) groups is 1. The summed E-state index contributed by atoms with van der Waals surface area (Å²) in [4.78, 5) is 11.0. The third-order valence-corrected chi connectivity index (χ3v) is 1.89. The van der Waals surface area contributed by atoms with E-state index in [9.17, 15) is 4.79 Å². The predicted octanol–water partition coefficient (Wildman–Crippen LogP) is 2.24. The molecule has 12 heavy (non-hydrogen) atoms. The lowest BCUT2D eigenvalue weighted by Crippen LogP contribution is -1.97. The topological polar surface area (TPSA) is 29.1 Å². The molecule has 0 aliphatic heterocycles. The van der Waals surface area contributed by atoms with Gasteiger partial charge in [-0.1, -0.05) is 0 Å². The van der Waals surface area contributed by atoms with Crippen LogP contribution in [0, 0.1) is 6.92 Å². The van der Waals surface area contributed by atoms with Crippen LogP contribution in [0.4, 0.5) is 5.69 Å². The minimum atomic E-state index is 0.121. The molecule has 0 saturated carbocycles. The third-order valence-electron chi connectivity index (χ3n) is 1.89. The first-order valence-electron chi connectivity index (χ1n) is 3.94. The Morgan fingerprint density at radius 2 is 2.08 bits per heavy atom. The maximum Gasteiger partial charge on any atom is 0.160 e. The predicted molar refractivity (Wildman–Crippen MR) is 50.7 cm³/mol. The zero-order chi connectivity index (χ0) is 9.14. The van der Waals surface area contributed by atoms with E-state index in [0.29, 0.717) is 0 Å². The summed E-state index contributed by atoms with van der Waals surface area (Å²) >= 11 is 0. The molecule has 64 valence electrons. The summed E-state index contributed by atoms with van der Waals surface area (Å²) in [7, 11) is 1.86. The fraction of sp³-hybridized carbons (Fsp3) is 0.300. The van der Waals surface area contributed by atoms with Crippen LogP contribution < -0.4 is 5.32 Å². The van der Waals surface area contributed by atoms with Crippen LogP contribution in [0.1, 0.15) is 22.8 Å². The second-order valence-corrected chi connectivity index (χ2v) is 2.84. The smallest absolute Gasteiger partial charge is 0.160 e. The summed E-state index contributed by atoms with van der Waals surface area (Å²) in [6.45, 7) is 3.53. The fourth-order valence-electron chi connectivity index (χ4n) is 1.21. The van der Waals surface area contributed by atoms with E-state index in [1.165, 1.54) is 0 Å². The zero-order valence-electron chi connectivity index (χ0n) is 7.64. The fourth-order valence-corrected chi connectivity index (χ4v) is 1.21. The quantitative estimate of drug-likeness (QED) is 0.677. The Morgan fingerprint density at radius 1 is 1.42 bits per heavy atom. The molecule has 0 saturated heterocycles. The number of anilines is 1. The van der Waals surface area contributed by atoms with Gasteiger partial charge in [0.1, 0.15) is 0 Å². The number of benzene rings is 1. The van der Waals surface area contributed by atoms with E-state index in [2.05, 4.69) is 5.32 Å². The Labute approximate surface area is 72.6 Å². The van der Waals surface area contributed by atoms with Crippen molar-refractivity contribution in [1.29, 1.82) is 0 Å². The highest BCUT2D eigenvalue weighted by atomic mass is 16.1. The third kappa shape index (κ3) is 1.64. The number of hydrogen-bond acceptors (Lipinski definition) is 2. The molecule has 1 N–H and O–H groups in total. The van der Waals surface area contributed by atoms with E-state index in [1.807, 2.05) is 32.2 Å². The summed E-state index contributed by atoms with van der Waals surface area (Å²) in [6.07, 6.45) is 0. The van der Waals surface area contributed by atoms with E-state index < -0.39 is 0 Å². The van der Waals surface area contributed by atoms with E-state index in [0.717, 1.165) is 16.8 Å². The Kier molecular flexibility index (Phi) is 2.48. The number of aryl methyl sites for hydroxylation is 1. The van der Waals surface area contributed by atoms with Gasteiger partial charge in [0.05, 0.1) is 0 Å². The van der Waals surface area contributed by atoms with Crippen LogP contribution in [0.3, 0.4) is 0 Å². The normalized spacial score (nSPS) is 9.58. The molecule has 2 heteroatoms. The molecular formula is C10H13NO. The molecule has 0 amide bonds. The number of carbonyl (C=O) groups excluding carboxylic acids is 1. The molecule has 0 spiro atoms. The number of Topliss-reactive ketones (excluding diaryl/α,β-unsaturated/α-hetero) is 1. The van der Waals surface area contributed by atoms with Crippen molar-refractivity contribution in [2.24, 2.45) is 0 Å². The minimum absolute atomic E-state index is 0.121. The van der Waals surface area contributed by atoms with Crippen molar-refractivity contribution >= 4 is 11.5 Å². The molecular weight excluding hydrogens is 150 g/mol. The van der Waals surface area contributed by atoms with Crippen molar-refractivity contribution in [1.82, 2.24) is 0 Å². The highest BCUT2D eigenvalue weighted by molar-refractivity contribution is 5.95. The summed E-state index contributed by atoms with van der Waals surface area (Å²) in [5.74, 6) is 0.121. The number of ketones is 1. The van der Waals surface area contributed by atoms with Crippen LogP contribution in [-0.4, -0.2) is 12.8 Å². The van der Waals surface area contributed by atoms with Gasteiger partial charge in [0.15, 0.2) is 5.78 Å². The van der Waals surface area contributed by atoms with E-state index in [-0.39, 0.29) is 5.78 Å². The summed E-state index contributed by atoms with van der Waals surface area (Å²) in [5.41, 5.74) is 2.86. The number of hydrogen-bond donors (Lipinski definition) is 1. The van der Waals surface area contributed by atoms with Crippen molar-refractivity contribution in [3.05, 3.63) is 29.3 Å². The molecule has 0 unspecified atom stereocenters. The second-order valence-electron chi connectivity index (χ2n) is 2.84. The molecule has 0 radical (unpaired) electrons. The van der Waals surface area contributed by atoms with Crippen molar-refractivity contribution in [2.75, 3.05) is 12.4 Å². The van der Waals surface area contributed by atoms with Crippen LogP contribution in [0.15, 0.2) is 18.2 Å². The molecule has 0 heterocycles. The lowest BCUT2D eigenvalue weighted by molar-refractivity contribution is 0.101. The van der Waals surface area contributed by atoms with E-state index in [4.69, 9.17) is 0 Å². The lowest BCUT2D eigenvalue weighted by atomic mass is 10.1. The highest BCUT2D eigenvalue weighted by Gasteiger charge is 2.02. The van der Waals surface area contributed by atoms with E-state index in [1.54, 1.807) is 6.92 Å². The van der Waals surface area contributed by atoms with Crippen molar-refractivity contribution in [3.8, 4) is 0 Å². The van der Waals surface area contributed by atoms with Crippen LogP contribution in [0.25, 0.3) is 0 Å². The van der Waals surface area contributed by atoms with Crippen LogP contribution in [0.5, 0.6) is 0 Å². The second kappa shape index (κ2) is 3.39. The first-order chi connectivity index (χ1) is 5.65. The minimum Gasteiger partial charge on any atom is -0.388 e. The van der Waals surface area contributed by atoms with Crippen molar-refractivity contribution < 1.29 is 4.79 Å². The van der Waals surface area contributed by atoms with Gasteiger partial charge in [-0.3, -0.25) is 4.79 Å². The molecule has 0 aromatic heterocycles. The van der Waals surface area contributed by atoms with Gasteiger partial charge in [-0.25, -0.2) is 0 Å². The van der Waals surface area contributed by atoms with Gasteiger partial charge < -0.3 is 5.32 Å². The van der Waals surface area contributed by atoms with Gasteiger partial charge in [0.25, 0.3) is 0 Å². The molecule has 0 aliphatic rings. The molecule has 0 aliphatic carbocycles. The average Bonchev–Trinajstić information content (AvgIpc) is 2.03. The Morgan fingerprint density at radius 3 is 2.50 bits per heavy atom. The first kappa shape index (κ1) is 8.78. The maximum atomic E-state index is 11.0. The van der Waals surface area contributed by atoms with Crippen LogP contribution in [0.2, 0.25) is 0 Å². The zero-order valence-corrected chi connectivity index (χ0v) is 7.64. The highest BCUT2D eigenvalue weighted by Crippen LogP contribution is 2.14. The van der Waals surface area contributed by atoms with Gasteiger partial charge in [0.2, 0.25) is 0 Å². The molecule has 0 fully saturated rings. The summed E-state index contributed by atoms with van der Waals surface area (Å²) in [6, 6.07) is 5.73. The van der Waals surface area contributed by atoms with Crippen LogP contribution >= 0.6 is 0 Å². The first-order valence-corrected chi connectivity index (χ1v) is 3.94. The lowest BCUT2D eigenvalue weighted by Gasteiger charge is -2.04. The Hall–Kier alpha value is -1.31. The van der Waals surface area contributed by atoms with Crippen molar-refractivity contribution in [2.45, 2.75) is 13.8 Å². The average molecular weight is 163 g/mol. The number of rotatable bonds is 2. The largest absolute Gasteiger partial charge is 0.388 e. The SMILES string of the molecule is CNc1ccc(C(C)=O)c(C)c1. The molecule has 0 bridgehead atoms. The summed E-state index contributed by atoms with van der Waals surface area (Å²) < 4.78 is 0. The molecule has 1 aromatic rings. The van der Waals surface area contributed by atoms with Crippen molar-refractivity contribution in [3.63, 3.8) is 0 Å². The van der Waals surface area contributed by atoms with Gasteiger partial charge >= 0.3 is 0 Å². The number of nitrogens with one attached hydrogen (secondary N) is 1. The molecule has 2 nitrogen and oxygen atoms in total. The standard InChI is InChI=1S/C10H13NO/c1-7-6-9(11-3)4-5-10(7)8(2)12/h4-6,11H,1-3H3. The molecule has 1 aromatic carbocycles. The monoisotopic (exact) mass is 163 g/mol. The van der Waals surface area contributed by atoms with Gasteiger partial charge in [-0.15, -0.1) is 0 Å². The maximum absolute atomic E-state index is 11.0. The van der Waals surface area contributed by atoms with E-state index >= 15 is 0 Å². The Balaban J connectivity index is 3.12. The summed E-state index contributed by atoms with van der Waals surface area (Å²) in [5, 5.41) is 3.02. The van der Waals surface area contributed by atoms with Gasteiger partial charge in [0, 0.05) is 18.3 Å². The Bertz CT molecular complexity index is 305. The molecule has 1 rings (SSSR count). The van der Waals surface area contributed by atoms with Gasteiger partial charge in [-0.2, -0.15) is 0 Å². The molecule has 0 atom stereocenters. The van der Waals surface area contributed by atoms with Crippen LogP contribution in [-0.2, 0) is 0 Å². The van der Waals surface area contributed by atoms with Gasteiger partial charge in [-0.05, 0) is 37.6 Å².